The van der Waals surface area contributed by atoms with Crippen LogP contribution in [-0.4, -0.2) is 125 Å². The Kier molecular flexibility index (Phi) is 28.0. The zero-order chi connectivity index (χ0) is 78.3. The number of amides is 3. The third kappa shape index (κ3) is 24.0. The number of aromatic nitrogens is 6. The number of ether oxygens (including phenoxy) is 2. The van der Waals surface area contributed by atoms with E-state index in [-0.39, 0.29) is 65.8 Å². The lowest BCUT2D eigenvalue weighted by atomic mass is 9.89. The van der Waals surface area contributed by atoms with Crippen LogP contribution >= 0.6 is 46.4 Å². The zero-order valence-electron chi connectivity index (χ0n) is 61.2. The summed E-state index contributed by atoms with van der Waals surface area (Å²) in [5, 5.41) is 25.0. The number of carbonyl (C=O) groups is 4. The molecule has 12 N–H and O–H groups in total. The van der Waals surface area contributed by atoms with Crippen LogP contribution < -0.4 is 43.8 Å². The Hall–Kier alpha value is -9.53. The Morgan fingerprint density at radius 3 is 1.21 bits per heavy atom. The highest BCUT2D eigenvalue weighted by atomic mass is 35.5. The van der Waals surface area contributed by atoms with Gasteiger partial charge in [0.1, 0.15) is 29.7 Å². The monoisotopic (exact) mass is 1570 g/mol. The topological polar surface area (TPSA) is 323 Å². The maximum atomic E-state index is 14.8. The molecule has 6 aliphatic carbocycles. The maximum absolute atomic E-state index is 14.8. The molecule has 109 heavy (non-hydrogen) atoms. The van der Waals surface area contributed by atoms with E-state index in [0.717, 1.165) is 53.5 Å². The molecule has 14 rings (SSSR count). The molecular formula is C81H89Cl4F3N14O7. The van der Waals surface area contributed by atoms with Gasteiger partial charge in [-0.05, 0) is 212 Å². The molecule has 574 valence electrons. The lowest BCUT2D eigenvalue weighted by molar-refractivity contribution is 0.0624. The molecule has 8 atom stereocenters. The standard InChI is InChI=1S/C31H33ClFN5O3.C19H20ClFN4.C13H8Cl2N2.C12H15NO4.C6H13FN2/c1-31(2,3)41-30(40)37-21-11-8-19(9-12-21)28(39)35-22-14-20(33)15-23(16-22)36-29-34-17-26(32)27(38-29)25-13-10-18-6-4-5-7-24(18)25;20-17-10-23-19(24-14-8-12(21)7-13(22)9-14)25-18(17)16-6-5-11-3-1-2-4-15(11)16;14-11-7-16-13(15)17-12(11)10-6-5-8-3-1-2-4-9(8)10;1-12(2,3)17-11(16)13-9-6-4-8(5-7-9)10(14)15;7-4-1-5(8)3-6(9)2-4/h4-9,11-13,17,20,22-23H,10,14-16H2,1-3H3,(H,35,39)(H,37,40)(H,34,36,38);1-4,6,10,12-14H,5,7-9,22H2,(H,23,24,25);1-4,6-7H,5H2;4-7H,1-3H3,(H,13,16)(H,14,15);4-6H,1-3,8-9H2. The van der Waals surface area contributed by atoms with Crippen LogP contribution in [0.1, 0.15) is 171 Å². The van der Waals surface area contributed by atoms with Crippen molar-refractivity contribution < 1.29 is 46.9 Å². The molecule has 28 heteroatoms. The molecule has 0 saturated heterocycles. The van der Waals surface area contributed by atoms with E-state index in [1.165, 1.54) is 52.7 Å². The van der Waals surface area contributed by atoms with E-state index in [4.69, 9.17) is 78.2 Å². The van der Waals surface area contributed by atoms with E-state index in [9.17, 15) is 32.3 Å². The summed E-state index contributed by atoms with van der Waals surface area (Å²) < 4.78 is 51.3. The summed E-state index contributed by atoms with van der Waals surface area (Å²) in [4.78, 5) is 72.9. The van der Waals surface area contributed by atoms with Crippen LogP contribution in [0.15, 0.2) is 158 Å². The van der Waals surface area contributed by atoms with Gasteiger partial charge in [-0.15, -0.1) is 0 Å². The van der Waals surface area contributed by atoms with E-state index in [1.807, 2.05) is 42.5 Å². The summed E-state index contributed by atoms with van der Waals surface area (Å²) in [6, 6.07) is 36.0. The number of carbonyl (C=O) groups excluding carboxylic acids is 3. The second-order valence-electron chi connectivity index (χ2n) is 29.3. The number of halogens is 7. The molecular weight excluding hydrogens is 1480 g/mol. The van der Waals surface area contributed by atoms with Gasteiger partial charge >= 0.3 is 18.2 Å². The van der Waals surface area contributed by atoms with Gasteiger partial charge in [0.05, 0.1) is 56.3 Å². The number of allylic oxidation sites excluding steroid dienone is 3. The van der Waals surface area contributed by atoms with Crippen LogP contribution in [0, 0.1) is 0 Å². The van der Waals surface area contributed by atoms with Gasteiger partial charge in [0.15, 0.2) is 0 Å². The number of nitrogens with two attached hydrogens (primary N) is 3. The van der Waals surface area contributed by atoms with Crippen LogP contribution in [-0.2, 0) is 28.7 Å². The lowest BCUT2D eigenvalue weighted by Gasteiger charge is -2.32. The Labute approximate surface area is 651 Å². The average molecular weight is 1570 g/mol. The first-order valence-electron chi connectivity index (χ1n) is 35.9. The minimum Gasteiger partial charge on any atom is -0.478 e. The van der Waals surface area contributed by atoms with Gasteiger partial charge in [-0.25, -0.2) is 57.5 Å². The van der Waals surface area contributed by atoms with Crippen molar-refractivity contribution in [3.63, 3.8) is 0 Å². The Bertz CT molecular complexity index is 4610. The number of hydrogen-bond acceptors (Lipinski definition) is 17. The highest BCUT2D eigenvalue weighted by Crippen LogP contribution is 2.39. The van der Waals surface area contributed by atoms with Gasteiger partial charge in [-0.3, -0.25) is 15.4 Å². The number of carboxylic acid groups (broad SMARTS) is 1. The first-order valence-corrected chi connectivity index (χ1v) is 37.4. The Morgan fingerprint density at radius 2 is 0.807 bits per heavy atom. The van der Waals surface area contributed by atoms with E-state index >= 15 is 0 Å². The molecule has 0 spiro atoms. The predicted molar refractivity (Wildman–Crippen MR) is 424 cm³/mol. The van der Waals surface area contributed by atoms with Crippen molar-refractivity contribution in [2.45, 2.75) is 185 Å². The number of nitrogens with zero attached hydrogens (tertiary/aromatic N) is 6. The summed E-state index contributed by atoms with van der Waals surface area (Å²) in [5.41, 5.74) is 29.5. The lowest BCUT2D eigenvalue weighted by Crippen LogP contribution is -2.45. The summed E-state index contributed by atoms with van der Waals surface area (Å²) in [5.74, 6) is -0.486. The van der Waals surface area contributed by atoms with E-state index < -0.39 is 47.9 Å². The summed E-state index contributed by atoms with van der Waals surface area (Å²) >= 11 is 24.8. The molecule has 5 aromatic carbocycles. The molecule has 3 amide bonds. The number of rotatable bonds is 12. The highest BCUT2D eigenvalue weighted by molar-refractivity contribution is 6.33. The minimum absolute atomic E-state index is 0.0104. The smallest absolute Gasteiger partial charge is 0.412 e. The molecule has 8 unspecified atom stereocenters. The number of alkyl halides is 3. The first-order chi connectivity index (χ1) is 51.8. The fraction of sp³-hybridized carbons (Fsp3) is 0.358. The van der Waals surface area contributed by atoms with Crippen LogP contribution in [0.3, 0.4) is 0 Å². The third-order valence-corrected chi connectivity index (χ3v) is 19.1. The molecule has 3 fully saturated rings. The van der Waals surface area contributed by atoms with Crippen LogP contribution in [0.4, 0.5) is 46.0 Å². The molecule has 0 aliphatic heterocycles. The maximum Gasteiger partial charge on any atom is 0.412 e. The Balaban J connectivity index is 0.000000158. The van der Waals surface area contributed by atoms with Crippen molar-refractivity contribution in [3.8, 4) is 0 Å². The number of aromatic carboxylic acids is 1. The summed E-state index contributed by atoms with van der Waals surface area (Å²) in [6.07, 6.45) is 14.1. The molecule has 3 heterocycles. The number of nitrogens with one attached hydrogen (secondary N) is 5. The fourth-order valence-electron chi connectivity index (χ4n) is 13.4. The van der Waals surface area contributed by atoms with Gasteiger partial charge in [-0.1, -0.05) is 126 Å². The minimum atomic E-state index is -1.09. The Morgan fingerprint density at radius 1 is 0.450 bits per heavy atom. The van der Waals surface area contributed by atoms with Crippen molar-refractivity contribution in [3.05, 3.63) is 240 Å². The van der Waals surface area contributed by atoms with Crippen molar-refractivity contribution in [2.24, 2.45) is 17.2 Å². The molecule has 0 bridgehead atoms. The number of carboxylic acids is 1. The van der Waals surface area contributed by atoms with Crippen LogP contribution in [0.5, 0.6) is 0 Å². The molecule has 0 radical (unpaired) electrons. The van der Waals surface area contributed by atoms with Crippen molar-refractivity contribution >= 4 is 110 Å². The van der Waals surface area contributed by atoms with Crippen molar-refractivity contribution in [1.29, 1.82) is 0 Å². The summed E-state index contributed by atoms with van der Waals surface area (Å²) in [6.45, 7) is 10.6. The largest absolute Gasteiger partial charge is 0.478 e. The number of anilines is 4. The van der Waals surface area contributed by atoms with E-state index in [2.05, 4.69) is 105 Å². The van der Waals surface area contributed by atoms with E-state index in [0.29, 0.717) is 99.5 Å². The first kappa shape index (κ1) is 82.0. The SMILES string of the molecule is CC(C)(C)OC(=O)Nc1ccc(C(=O)NC2CC(F)CC(Nc3ncc(Cl)c(C4=CCc5ccccc54)n3)C2)cc1.CC(C)(C)OC(=O)Nc1ccc(C(=O)O)cc1.Clc1ncc(Cl)c(C2=CCc3ccccc32)n1.NC1CC(F)CC(Nc2ncc(Cl)c(C3=CCc4ccccc43)n2)C1.NC1CC(N)CC(F)C1. The van der Waals surface area contributed by atoms with Crippen LogP contribution in [0.2, 0.25) is 20.4 Å². The van der Waals surface area contributed by atoms with Crippen LogP contribution in [0.25, 0.3) is 16.7 Å². The molecule has 6 aliphatic rings. The number of benzene rings is 5. The molecule has 21 nitrogen and oxygen atoms in total. The van der Waals surface area contributed by atoms with Gasteiger partial charge in [-0.2, -0.15) is 0 Å². The molecule has 3 aromatic heterocycles. The quantitative estimate of drug-likeness (QED) is 0.0513. The van der Waals surface area contributed by atoms with Gasteiger partial charge < -0.3 is 47.7 Å². The molecule has 3 saturated carbocycles. The fourth-order valence-corrected chi connectivity index (χ4v) is 14.1. The molecule has 8 aromatic rings. The van der Waals surface area contributed by atoms with Crippen molar-refractivity contribution in [1.82, 2.24) is 35.2 Å². The second kappa shape index (κ2) is 37.3. The highest BCUT2D eigenvalue weighted by Gasteiger charge is 2.33. The summed E-state index contributed by atoms with van der Waals surface area (Å²) in [7, 11) is 0. The number of hydrogen-bond donors (Lipinski definition) is 9. The third-order valence-electron chi connectivity index (χ3n) is 18.1. The second-order valence-corrected chi connectivity index (χ2v) is 30.9. The normalized spacial score (nSPS) is 20.8. The van der Waals surface area contributed by atoms with E-state index in [1.54, 1.807) is 78.2 Å². The van der Waals surface area contributed by atoms with Gasteiger partial charge in [0.25, 0.3) is 5.91 Å². The average Bonchev–Trinajstić information content (AvgIpc) is 1.70. The van der Waals surface area contributed by atoms with Gasteiger partial charge in [0.2, 0.25) is 17.2 Å². The predicted octanol–water partition coefficient (Wildman–Crippen LogP) is 17.0. The van der Waals surface area contributed by atoms with Gasteiger partial charge in [0, 0.05) is 69.9 Å². The number of fused-ring (bicyclic) bond motifs is 3. The zero-order valence-corrected chi connectivity index (χ0v) is 64.2. The van der Waals surface area contributed by atoms with Crippen molar-refractivity contribution in [2.75, 3.05) is 21.3 Å².